The van der Waals surface area contributed by atoms with Crippen molar-refractivity contribution in [1.82, 2.24) is 5.32 Å². The van der Waals surface area contributed by atoms with E-state index in [1.165, 1.54) is 23.1 Å². The van der Waals surface area contributed by atoms with E-state index in [1.807, 2.05) is 0 Å². The Hall–Kier alpha value is -1.31. The largest absolute Gasteiger partial charge is 0.310 e. The molecule has 0 unspecified atom stereocenters. The summed E-state index contributed by atoms with van der Waals surface area (Å²) in [7, 11) is 0. The van der Waals surface area contributed by atoms with Crippen LogP contribution in [0.15, 0.2) is 54.6 Å². The van der Waals surface area contributed by atoms with Gasteiger partial charge in [-0.3, -0.25) is 0 Å². The van der Waals surface area contributed by atoms with Gasteiger partial charge in [0.25, 0.3) is 0 Å². The van der Waals surface area contributed by atoms with Crippen LogP contribution in [0.5, 0.6) is 0 Å². The van der Waals surface area contributed by atoms with E-state index in [0.29, 0.717) is 6.04 Å². The smallest absolute Gasteiger partial charge is 0.0332 e. The SMILES string of the molecule is Cl.c1ccc(-c2cccc([C@H]3CCN3)c2)cc1. The minimum absolute atomic E-state index is 0. The quantitative estimate of drug-likeness (QED) is 0.849. The lowest BCUT2D eigenvalue weighted by Gasteiger charge is -2.28. The molecule has 1 fully saturated rings. The van der Waals surface area contributed by atoms with Gasteiger partial charge >= 0.3 is 0 Å². The van der Waals surface area contributed by atoms with Crippen LogP contribution < -0.4 is 5.32 Å². The van der Waals surface area contributed by atoms with Crippen molar-refractivity contribution >= 4 is 12.4 Å². The molecule has 0 spiro atoms. The van der Waals surface area contributed by atoms with E-state index >= 15 is 0 Å². The van der Waals surface area contributed by atoms with Crippen LogP contribution >= 0.6 is 12.4 Å². The molecule has 1 nitrogen and oxygen atoms in total. The van der Waals surface area contributed by atoms with Crippen molar-refractivity contribution in [3.63, 3.8) is 0 Å². The number of benzene rings is 2. The summed E-state index contributed by atoms with van der Waals surface area (Å²) in [5.74, 6) is 0. The number of rotatable bonds is 2. The highest BCUT2D eigenvalue weighted by Gasteiger charge is 2.18. The maximum Gasteiger partial charge on any atom is 0.0332 e. The highest BCUT2D eigenvalue weighted by molar-refractivity contribution is 5.85. The fourth-order valence-corrected chi connectivity index (χ4v) is 2.14. The minimum Gasteiger partial charge on any atom is -0.310 e. The van der Waals surface area contributed by atoms with Crippen LogP contribution in [0.25, 0.3) is 11.1 Å². The van der Waals surface area contributed by atoms with Gasteiger partial charge in [-0.25, -0.2) is 0 Å². The van der Waals surface area contributed by atoms with Crippen molar-refractivity contribution < 1.29 is 0 Å². The topological polar surface area (TPSA) is 12.0 Å². The van der Waals surface area contributed by atoms with Gasteiger partial charge in [0.15, 0.2) is 0 Å². The third-order valence-corrected chi connectivity index (χ3v) is 3.22. The van der Waals surface area contributed by atoms with E-state index in [9.17, 15) is 0 Å². The molecule has 1 atom stereocenters. The molecular formula is C15H16ClN. The molecule has 1 heterocycles. The molecule has 1 aliphatic heterocycles. The third kappa shape index (κ3) is 2.51. The van der Waals surface area contributed by atoms with Gasteiger partial charge in [-0.2, -0.15) is 0 Å². The minimum atomic E-state index is 0. The van der Waals surface area contributed by atoms with E-state index in [2.05, 4.69) is 59.9 Å². The Morgan fingerprint density at radius 2 is 1.59 bits per heavy atom. The van der Waals surface area contributed by atoms with Crippen LogP contribution in [0.3, 0.4) is 0 Å². The first-order valence-corrected chi connectivity index (χ1v) is 5.82. The first-order valence-electron chi connectivity index (χ1n) is 5.82. The molecule has 2 heteroatoms. The number of hydrogen-bond donors (Lipinski definition) is 1. The molecule has 1 N–H and O–H groups in total. The summed E-state index contributed by atoms with van der Waals surface area (Å²) in [6.45, 7) is 1.15. The van der Waals surface area contributed by atoms with E-state index in [4.69, 9.17) is 0 Å². The molecule has 2 aromatic carbocycles. The lowest BCUT2D eigenvalue weighted by Crippen LogP contribution is -2.34. The maximum absolute atomic E-state index is 3.44. The van der Waals surface area contributed by atoms with Crippen LogP contribution in [0.2, 0.25) is 0 Å². The molecule has 17 heavy (non-hydrogen) atoms. The van der Waals surface area contributed by atoms with Gasteiger partial charge in [-0.15, -0.1) is 12.4 Å². The summed E-state index contributed by atoms with van der Waals surface area (Å²) in [6.07, 6.45) is 1.26. The second-order valence-electron chi connectivity index (χ2n) is 4.29. The van der Waals surface area contributed by atoms with Crippen molar-refractivity contribution in [3.8, 4) is 11.1 Å². The molecule has 0 radical (unpaired) electrons. The second-order valence-corrected chi connectivity index (χ2v) is 4.29. The van der Waals surface area contributed by atoms with Crippen molar-refractivity contribution in [2.45, 2.75) is 12.5 Å². The van der Waals surface area contributed by atoms with Gasteiger partial charge in [-0.05, 0) is 35.7 Å². The monoisotopic (exact) mass is 245 g/mol. The van der Waals surface area contributed by atoms with Crippen molar-refractivity contribution in [2.75, 3.05) is 6.54 Å². The summed E-state index contributed by atoms with van der Waals surface area (Å²) in [5, 5.41) is 3.44. The zero-order chi connectivity index (χ0) is 10.8. The molecular weight excluding hydrogens is 230 g/mol. The molecule has 0 aromatic heterocycles. The molecule has 88 valence electrons. The zero-order valence-electron chi connectivity index (χ0n) is 9.60. The van der Waals surface area contributed by atoms with Gasteiger partial charge < -0.3 is 5.32 Å². The van der Waals surface area contributed by atoms with Crippen LogP contribution in [0.4, 0.5) is 0 Å². The molecule has 2 aromatic rings. The molecule has 1 saturated heterocycles. The number of nitrogens with one attached hydrogen (secondary N) is 1. The second kappa shape index (κ2) is 5.35. The van der Waals surface area contributed by atoms with E-state index in [0.717, 1.165) is 6.54 Å². The Kier molecular flexibility index (Phi) is 3.82. The molecule has 3 rings (SSSR count). The first kappa shape index (κ1) is 12.2. The lowest BCUT2D eigenvalue weighted by atomic mass is 9.94. The van der Waals surface area contributed by atoms with E-state index in [-0.39, 0.29) is 12.4 Å². The fraction of sp³-hybridized carbons (Fsp3) is 0.200. The van der Waals surface area contributed by atoms with E-state index in [1.54, 1.807) is 0 Å². The summed E-state index contributed by atoms with van der Waals surface area (Å²) < 4.78 is 0. The molecule has 0 aliphatic carbocycles. The van der Waals surface area contributed by atoms with Crippen molar-refractivity contribution in [3.05, 3.63) is 60.2 Å². The van der Waals surface area contributed by atoms with Crippen molar-refractivity contribution in [2.24, 2.45) is 0 Å². The molecule has 0 bridgehead atoms. The zero-order valence-corrected chi connectivity index (χ0v) is 10.4. The van der Waals surface area contributed by atoms with Gasteiger partial charge in [-0.1, -0.05) is 48.5 Å². The summed E-state index contributed by atoms with van der Waals surface area (Å²) in [5.41, 5.74) is 4.02. The number of hydrogen-bond acceptors (Lipinski definition) is 1. The summed E-state index contributed by atoms with van der Waals surface area (Å²) in [4.78, 5) is 0. The highest BCUT2D eigenvalue weighted by Crippen LogP contribution is 2.27. The van der Waals surface area contributed by atoms with Gasteiger partial charge in [0.2, 0.25) is 0 Å². The van der Waals surface area contributed by atoms with Gasteiger partial charge in [0.05, 0.1) is 0 Å². The molecule has 0 saturated carbocycles. The van der Waals surface area contributed by atoms with Gasteiger partial charge in [0.1, 0.15) is 0 Å². The summed E-state index contributed by atoms with van der Waals surface area (Å²) in [6, 6.07) is 20.0. The Morgan fingerprint density at radius 1 is 0.882 bits per heavy atom. The Morgan fingerprint density at radius 3 is 2.24 bits per heavy atom. The average molecular weight is 246 g/mol. The van der Waals surface area contributed by atoms with Crippen molar-refractivity contribution in [1.29, 1.82) is 0 Å². The Bertz CT molecular complexity index is 477. The number of halogens is 1. The molecule has 1 aliphatic rings. The standard InChI is InChI=1S/C15H15N.ClH/c1-2-5-12(6-3-1)13-7-4-8-14(11-13)15-9-10-16-15;/h1-8,11,15-16H,9-10H2;1H/t15-;/m1./s1. The first-order chi connectivity index (χ1) is 7.93. The fourth-order valence-electron chi connectivity index (χ4n) is 2.14. The van der Waals surface area contributed by atoms with Crippen LogP contribution in [0, 0.1) is 0 Å². The average Bonchev–Trinajstić information content (AvgIpc) is 2.28. The normalized spacial score (nSPS) is 18.0. The van der Waals surface area contributed by atoms with Crippen LogP contribution in [0.1, 0.15) is 18.0 Å². The lowest BCUT2D eigenvalue weighted by molar-refractivity contribution is 0.383. The van der Waals surface area contributed by atoms with Crippen LogP contribution in [-0.2, 0) is 0 Å². The Balaban J connectivity index is 0.00000108. The maximum atomic E-state index is 3.44. The van der Waals surface area contributed by atoms with Gasteiger partial charge in [0, 0.05) is 6.04 Å². The highest BCUT2D eigenvalue weighted by atomic mass is 35.5. The predicted molar refractivity (Wildman–Crippen MR) is 74.5 cm³/mol. The molecule has 0 amide bonds. The van der Waals surface area contributed by atoms with Crippen LogP contribution in [-0.4, -0.2) is 6.54 Å². The van der Waals surface area contributed by atoms with E-state index < -0.39 is 0 Å². The summed E-state index contributed by atoms with van der Waals surface area (Å²) >= 11 is 0. The Labute approximate surface area is 108 Å². The predicted octanol–water partition coefficient (Wildman–Crippen LogP) is 3.81. The third-order valence-electron chi connectivity index (χ3n) is 3.22.